The molecule has 35 heavy (non-hydrogen) atoms. The van der Waals surface area contributed by atoms with Gasteiger partial charge in [-0.1, -0.05) is 77.0 Å². The normalized spacial score (nSPS) is 12.5. The summed E-state index contributed by atoms with van der Waals surface area (Å²) in [5.74, 6) is 0. The van der Waals surface area contributed by atoms with Gasteiger partial charge in [-0.2, -0.15) is 0 Å². The zero-order chi connectivity index (χ0) is 26.1. The van der Waals surface area contributed by atoms with E-state index in [2.05, 4.69) is 0 Å². The van der Waals surface area contributed by atoms with Crippen molar-refractivity contribution in [2.75, 3.05) is 55.9 Å². The molecule has 9 heteroatoms. The van der Waals surface area contributed by atoms with E-state index in [0.717, 1.165) is 38.1 Å². The lowest BCUT2D eigenvalue weighted by Gasteiger charge is -2.24. The van der Waals surface area contributed by atoms with Crippen LogP contribution < -0.4 is 0 Å². The summed E-state index contributed by atoms with van der Waals surface area (Å²) in [6, 6.07) is 1.82. The predicted octanol–water partition coefficient (Wildman–Crippen LogP) is 7.00. The van der Waals surface area contributed by atoms with E-state index in [9.17, 15) is 0 Å². The van der Waals surface area contributed by atoms with Gasteiger partial charge in [0.2, 0.25) is 0 Å². The third kappa shape index (κ3) is 18.1. The second kappa shape index (κ2) is 24.5. The van der Waals surface area contributed by atoms with Gasteiger partial charge in [-0.3, -0.25) is 0 Å². The summed E-state index contributed by atoms with van der Waals surface area (Å²) >= 11 is 0. The second-order valence-corrected chi connectivity index (χ2v) is 15.5. The van der Waals surface area contributed by atoms with Gasteiger partial charge in [0.1, 0.15) is 0 Å². The molecular weight excluding hydrogens is 480 g/mol. The molecule has 0 aromatic rings. The molecular formula is C26H58O7Si2. The first kappa shape index (κ1) is 35.2. The summed E-state index contributed by atoms with van der Waals surface area (Å²) in [5, 5.41) is 0. The SMILES string of the molecule is CO[Si](CCCCCCCCCCOCCCCCCCCCC[Si](OC)(OC)OC)(OC)OC. The molecule has 0 atom stereocenters. The van der Waals surface area contributed by atoms with Crippen LogP contribution in [0.3, 0.4) is 0 Å². The Balaban J connectivity index is 3.29. The lowest BCUT2D eigenvalue weighted by molar-refractivity contribution is 0.122. The molecule has 7 nitrogen and oxygen atoms in total. The van der Waals surface area contributed by atoms with Crippen LogP contribution in [-0.4, -0.2) is 73.5 Å². The summed E-state index contributed by atoms with van der Waals surface area (Å²) in [6.45, 7) is 1.85. The molecule has 0 N–H and O–H groups in total. The van der Waals surface area contributed by atoms with E-state index in [0.29, 0.717) is 0 Å². The van der Waals surface area contributed by atoms with Gasteiger partial charge < -0.3 is 31.3 Å². The van der Waals surface area contributed by atoms with Crippen molar-refractivity contribution >= 4 is 17.6 Å². The highest BCUT2D eigenvalue weighted by Gasteiger charge is 2.37. The molecule has 0 amide bonds. The van der Waals surface area contributed by atoms with Crippen LogP contribution in [0.4, 0.5) is 0 Å². The van der Waals surface area contributed by atoms with E-state index in [-0.39, 0.29) is 0 Å². The Labute approximate surface area is 219 Å². The van der Waals surface area contributed by atoms with Crippen molar-refractivity contribution in [3.05, 3.63) is 0 Å². The summed E-state index contributed by atoms with van der Waals surface area (Å²) in [6.07, 6.45) is 20.2. The fourth-order valence-corrected chi connectivity index (χ4v) is 8.02. The molecule has 0 saturated heterocycles. The van der Waals surface area contributed by atoms with Crippen molar-refractivity contribution in [1.29, 1.82) is 0 Å². The first-order valence-corrected chi connectivity index (χ1v) is 17.8. The summed E-state index contributed by atoms with van der Waals surface area (Å²) in [4.78, 5) is 0. The number of hydrogen-bond acceptors (Lipinski definition) is 7. The number of hydrogen-bond donors (Lipinski definition) is 0. The van der Waals surface area contributed by atoms with Gasteiger partial charge in [0, 0.05) is 68.0 Å². The highest BCUT2D eigenvalue weighted by molar-refractivity contribution is 6.60. The Morgan fingerprint density at radius 1 is 0.314 bits per heavy atom. The van der Waals surface area contributed by atoms with Gasteiger partial charge in [0.05, 0.1) is 0 Å². The Morgan fingerprint density at radius 2 is 0.543 bits per heavy atom. The van der Waals surface area contributed by atoms with E-state index in [1.807, 2.05) is 0 Å². The van der Waals surface area contributed by atoms with Crippen LogP contribution in [0.1, 0.15) is 103 Å². The molecule has 0 unspecified atom stereocenters. The van der Waals surface area contributed by atoms with E-state index < -0.39 is 17.6 Å². The second-order valence-electron chi connectivity index (χ2n) is 9.36. The number of ether oxygens (including phenoxy) is 1. The summed E-state index contributed by atoms with van der Waals surface area (Å²) < 4.78 is 38.6. The maximum Gasteiger partial charge on any atom is 0.500 e. The Kier molecular flexibility index (Phi) is 24.6. The quantitative estimate of drug-likeness (QED) is 0.0784. The molecule has 0 radical (unpaired) electrons. The van der Waals surface area contributed by atoms with Gasteiger partial charge in [0.15, 0.2) is 0 Å². The van der Waals surface area contributed by atoms with Gasteiger partial charge in [0.25, 0.3) is 0 Å². The van der Waals surface area contributed by atoms with E-state index in [1.165, 1.54) is 89.9 Å². The van der Waals surface area contributed by atoms with Crippen molar-refractivity contribution in [1.82, 2.24) is 0 Å². The smallest absolute Gasteiger partial charge is 0.381 e. The maximum absolute atomic E-state index is 5.82. The summed E-state index contributed by atoms with van der Waals surface area (Å²) in [5.41, 5.74) is 0. The third-order valence-corrected chi connectivity index (χ3v) is 12.6. The standard InChI is InChI=1S/C26H58O7Si2/c1-27-34(28-2,29-3)25-21-17-13-9-7-11-15-19-23-33-24-20-16-12-8-10-14-18-22-26-35(30-4,31-5)32-6/h7-26H2,1-6H3. The molecule has 212 valence electrons. The van der Waals surface area contributed by atoms with Crippen LogP contribution in [0.15, 0.2) is 0 Å². The minimum atomic E-state index is -2.36. The molecule has 0 aliphatic heterocycles. The van der Waals surface area contributed by atoms with Crippen molar-refractivity contribution in [2.24, 2.45) is 0 Å². The molecule has 0 bridgehead atoms. The largest absolute Gasteiger partial charge is 0.500 e. The van der Waals surface area contributed by atoms with Gasteiger partial charge in [-0.25, -0.2) is 0 Å². The molecule has 0 spiro atoms. The average Bonchev–Trinajstić information content (AvgIpc) is 2.90. The first-order valence-electron chi connectivity index (χ1n) is 14.0. The van der Waals surface area contributed by atoms with Crippen LogP contribution in [0.25, 0.3) is 0 Å². The van der Waals surface area contributed by atoms with Crippen molar-refractivity contribution < 1.29 is 31.3 Å². The lowest BCUT2D eigenvalue weighted by Crippen LogP contribution is -2.42. The van der Waals surface area contributed by atoms with Crippen LogP contribution >= 0.6 is 0 Å². The number of rotatable bonds is 28. The van der Waals surface area contributed by atoms with Crippen molar-refractivity contribution in [2.45, 2.75) is 115 Å². The summed E-state index contributed by atoms with van der Waals surface area (Å²) in [7, 11) is 5.41. The molecule has 0 aromatic heterocycles. The highest BCUT2D eigenvalue weighted by atomic mass is 28.4. The highest BCUT2D eigenvalue weighted by Crippen LogP contribution is 2.19. The minimum absolute atomic E-state index is 0.912. The van der Waals surface area contributed by atoms with Crippen molar-refractivity contribution in [3.8, 4) is 0 Å². The van der Waals surface area contributed by atoms with Crippen LogP contribution in [0.2, 0.25) is 12.1 Å². The molecule has 0 aliphatic rings. The third-order valence-electron chi connectivity index (χ3n) is 6.91. The van der Waals surface area contributed by atoms with Gasteiger partial charge in [-0.15, -0.1) is 0 Å². The Hall–Kier alpha value is 0.154. The molecule has 0 aliphatic carbocycles. The number of unbranched alkanes of at least 4 members (excludes halogenated alkanes) is 14. The Bertz CT molecular complexity index is 381. The Morgan fingerprint density at radius 3 is 0.800 bits per heavy atom. The fourth-order valence-electron chi connectivity index (χ4n) is 4.43. The zero-order valence-corrected chi connectivity index (χ0v) is 26.0. The van der Waals surface area contributed by atoms with Crippen LogP contribution in [0, 0.1) is 0 Å². The monoisotopic (exact) mass is 538 g/mol. The van der Waals surface area contributed by atoms with E-state index in [4.69, 9.17) is 31.3 Å². The molecule has 0 saturated carbocycles. The molecule has 0 heterocycles. The zero-order valence-electron chi connectivity index (χ0n) is 24.0. The topological polar surface area (TPSA) is 64.6 Å². The molecule has 0 fully saturated rings. The molecule has 0 rings (SSSR count). The predicted molar refractivity (Wildman–Crippen MR) is 148 cm³/mol. The minimum Gasteiger partial charge on any atom is -0.381 e. The average molecular weight is 539 g/mol. The lowest BCUT2D eigenvalue weighted by atomic mass is 10.1. The van der Waals surface area contributed by atoms with Gasteiger partial charge in [-0.05, 0) is 25.7 Å². The maximum atomic E-state index is 5.82. The van der Waals surface area contributed by atoms with E-state index in [1.54, 1.807) is 42.7 Å². The molecule has 0 aromatic carbocycles. The van der Waals surface area contributed by atoms with E-state index >= 15 is 0 Å². The van der Waals surface area contributed by atoms with Crippen LogP contribution in [-0.2, 0) is 31.3 Å². The first-order chi connectivity index (χ1) is 17.1. The van der Waals surface area contributed by atoms with Crippen molar-refractivity contribution in [3.63, 3.8) is 0 Å². The fraction of sp³-hybridized carbons (Fsp3) is 1.00. The van der Waals surface area contributed by atoms with Crippen LogP contribution in [0.5, 0.6) is 0 Å². The van der Waals surface area contributed by atoms with Gasteiger partial charge >= 0.3 is 17.6 Å².